The molecule has 7 nitrogen and oxygen atoms in total. The van der Waals surface area contributed by atoms with Gasteiger partial charge in [0.1, 0.15) is 4.88 Å². The van der Waals surface area contributed by atoms with E-state index in [1.54, 1.807) is 0 Å². The zero-order chi connectivity index (χ0) is 22.8. The highest BCUT2D eigenvalue weighted by molar-refractivity contribution is 7.17. The van der Waals surface area contributed by atoms with Gasteiger partial charge in [-0.3, -0.25) is 15.0 Å². The van der Waals surface area contributed by atoms with Gasteiger partial charge < -0.3 is 10.6 Å². The summed E-state index contributed by atoms with van der Waals surface area (Å²) in [6.45, 7) is 1.84. The second kappa shape index (κ2) is 9.33. The summed E-state index contributed by atoms with van der Waals surface area (Å²) in [6, 6.07) is 17.8. The number of rotatable bonds is 5. The van der Waals surface area contributed by atoms with Crippen LogP contribution in [0.15, 0.2) is 54.6 Å². The summed E-state index contributed by atoms with van der Waals surface area (Å²) in [7, 11) is 0. The Bertz CT molecular complexity index is 1150. The van der Waals surface area contributed by atoms with Crippen molar-refractivity contribution in [3.8, 4) is 0 Å². The van der Waals surface area contributed by atoms with E-state index < -0.39 is 0 Å². The standard InChI is InChI=1S/C25H27N5O2S/c1-15-22(33-25(26-15)28-17-7-3-2-4-8-17)24(32)27-18-13-11-16(12-14-18)21-19-9-5-6-10-20(19)23(31)30-29-21/h2-4,7-8,11-14,19-21,29H,5-6,9-10H2,1H3,(H,26,28)(H,27,32)(H,30,31). The zero-order valence-electron chi connectivity index (χ0n) is 18.4. The van der Waals surface area contributed by atoms with Crippen LogP contribution in [0.2, 0.25) is 0 Å². The highest BCUT2D eigenvalue weighted by atomic mass is 32.1. The maximum absolute atomic E-state index is 12.9. The normalized spacial score (nSPS) is 22.2. The summed E-state index contributed by atoms with van der Waals surface area (Å²) in [5.74, 6) is 0.329. The van der Waals surface area contributed by atoms with Crippen molar-refractivity contribution in [1.29, 1.82) is 0 Å². The SMILES string of the molecule is Cc1nc(Nc2ccccc2)sc1C(=O)Nc1ccc(C2NNC(=O)C3CCCCC32)cc1. The van der Waals surface area contributed by atoms with E-state index in [0.29, 0.717) is 21.6 Å². The van der Waals surface area contributed by atoms with Crippen molar-refractivity contribution in [2.24, 2.45) is 11.8 Å². The maximum atomic E-state index is 12.9. The molecule has 2 fully saturated rings. The molecule has 1 aliphatic carbocycles. The van der Waals surface area contributed by atoms with E-state index in [1.165, 1.54) is 11.3 Å². The molecule has 8 heteroatoms. The number of aromatic nitrogens is 1. The number of para-hydroxylation sites is 1. The largest absolute Gasteiger partial charge is 0.332 e. The number of carbonyl (C=O) groups is 2. The first-order valence-corrected chi connectivity index (χ1v) is 12.2. The summed E-state index contributed by atoms with van der Waals surface area (Å²) in [4.78, 5) is 30.2. The lowest BCUT2D eigenvalue weighted by Crippen LogP contribution is -2.55. The fourth-order valence-corrected chi connectivity index (χ4v) is 5.71. The van der Waals surface area contributed by atoms with Gasteiger partial charge in [-0.2, -0.15) is 0 Å². The Balaban J connectivity index is 1.26. The number of nitrogens with zero attached hydrogens (tertiary/aromatic N) is 1. The van der Waals surface area contributed by atoms with Crippen LogP contribution < -0.4 is 21.5 Å². The van der Waals surface area contributed by atoms with Gasteiger partial charge in [0.05, 0.1) is 11.7 Å². The molecule has 3 aromatic rings. The van der Waals surface area contributed by atoms with E-state index in [2.05, 4.69) is 26.5 Å². The number of fused-ring (bicyclic) bond motifs is 1. The summed E-state index contributed by atoms with van der Waals surface area (Å²) < 4.78 is 0. The molecule has 1 aliphatic heterocycles. The van der Waals surface area contributed by atoms with E-state index in [0.717, 1.165) is 42.6 Å². The number of hydrogen-bond acceptors (Lipinski definition) is 6. The molecule has 33 heavy (non-hydrogen) atoms. The van der Waals surface area contributed by atoms with Gasteiger partial charge in [-0.15, -0.1) is 0 Å². The van der Waals surface area contributed by atoms with Crippen molar-refractivity contribution in [2.45, 2.75) is 38.6 Å². The van der Waals surface area contributed by atoms with Crippen LogP contribution in [-0.4, -0.2) is 16.8 Å². The third-order valence-electron chi connectivity index (χ3n) is 6.49. The van der Waals surface area contributed by atoms with Crippen LogP contribution >= 0.6 is 11.3 Å². The molecular weight excluding hydrogens is 434 g/mol. The minimum atomic E-state index is -0.172. The maximum Gasteiger partial charge on any atom is 0.267 e. The number of benzene rings is 2. The first-order valence-electron chi connectivity index (χ1n) is 11.3. The predicted molar refractivity (Wildman–Crippen MR) is 130 cm³/mol. The fraction of sp³-hybridized carbons (Fsp3) is 0.320. The molecule has 2 aromatic carbocycles. The smallest absolute Gasteiger partial charge is 0.267 e. The summed E-state index contributed by atoms with van der Waals surface area (Å²) in [6.07, 6.45) is 4.29. The molecule has 2 heterocycles. The number of nitrogens with one attached hydrogen (secondary N) is 4. The second-order valence-electron chi connectivity index (χ2n) is 8.67. The molecule has 0 bridgehead atoms. The Hall–Kier alpha value is -3.23. The van der Waals surface area contributed by atoms with E-state index in [1.807, 2.05) is 61.5 Å². The minimum absolute atomic E-state index is 0.0809. The lowest BCUT2D eigenvalue weighted by Gasteiger charge is -2.41. The van der Waals surface area contributed by atoms with Gasteiger partial charge in [-0.1, -0.05) is 54.5 Å². The van der Waals surface area contributed by atoms with Crippen molar-refractivity contribution < 1.29 is 9.59 Å². The Kier molecular flexibility index (Phi) is 6.11. The van der Waals surface area contributed by atoms with Crippen LogP contribution in [0.1, 0.15) is 52.7 Å². The first kappa shape index (κ1) is 21.6. The molecule has 1 saturated heterocycles. The molecule has 2 aliphatic rings. The topological polar surface area (TPSA) is 95.2 Å². The monoisotopic (exact) mass is 461 g/mol. The molecule has 3 atom stereocenters. The third-order valence-corrected chi connectivity index (χ3v) is 7.56. The Labute approximate surface area is 197 Å². The van der Waals surface area contributed by atoms with Gasteiger partial charge >= 0.3 is 0 Å². The Morgan fingerprint density at radius 2 is 1.79 bits per heavy atom. The van der Waals surface area contributed by atoms with E-state index in [-0.39, 0.29) is 23.8 Å². The molecule has 0 spiro atoms. The number of hydrazine groups is 1. The summed E-state index contributed by atoms with van der Waals surface area (Å²) in [5, 5.41) is 6.91. The van der Waals surface area contributed by atoms with Crippen molar-refractivity contribution in [3.05, 3.63) is 70.7 Å². The van der Waals surface area contributed by atoms with Gasteiger partial charge in [0.15, 0.2) is 5.13 Å². The predicted octanol–water partition coefficient (Wildman–Crippen LogP) is 4.93. The van der Waals surface area contributed by atoms with E-state index in [9.17, 15) is 9.59 Å². The number of aryl methyl sites for hydroxylation is 1. The average Bonchev–Trinajstić information content (AvgIpc) is 3.21. The van der Waals surface area contributed by atoms with Crippen LogP contribution in [-0.2, 0) is 4.79 Å². The van der Waals surface area contributed by atoms with Crippen LogP contribution in [0, 0.1) is 18.8 Å². The zero-order valence-corrected chi connectivity index (χ0v) is 19.2. The van der Waals surface area contributed by atoms with Crippen LogP contribution in [0.25, 0.3) is 0 Å². The highest BCUT2D eigenvalue weighted by Gasteiger charge is 2.40. The van der Waals surface area contributed by atoms with Crippen molar-refractivity contribution in [3.63, 3.8) is 0 Å². The van der Waals surface area contributed by atoms with E-state index >= 15 is 0 Å². The highest BCUT2D eigenvalue weighted by Crippen LogP contribution is 2.40. The van der Waals surface area contributed by atoms with Gasteiger partial charge in [-0.25, -0.2) is 10.4 Å². The van der Waals surface area contributed by atoms with Gasteiger partial charge in [-0.05, 0) is 55.5 Å². The van der Waals surface area contributed by atoms with Crippen molar-refractivity contribution in [1.82, 2.24) is 15.8 Å². The fourth-order valence-electron chi connectivity index (χ4n) is 4.83. The van der Waals surface area contributed by atoms with Crippen LogP contribution in [0.3, 0.4) is 0 Å². The molecule has 2 amide bonds. The van der Waals surface area contributed by atoms with Crippen molar-refractivity contribution in [2.75, 3.05) is 10.6 Å². The number of amides is 2. The first-order chi connectivity index (χ1) is 16.1. The number of hydrogen-bond donors (Lipinski definition) is 4. The van der Waals surface area contributed by atoms with Crippen LogP contribution in [0.4, 0.5) is 16.5 Å². The van der Waals surface area contributed by atoms with Crippen LogP contribution in [0.5, 0.6) is 0 Å². The molecule has 4 N–H and O–H groups in total. The molecule has 3 unspecified atom stereocenters. The average molecular weight is 462 g/mol. The third kappa shape index (κ3) is 4.62. The quantitative estimate of drug-likeness (QED) is 0.432. The lowest BCUT2D eigenvalue weighted by atomic mass is 9.72. The Morgan fingerprint density at radius 1 is 1.03 bits per heavy atom. The lowest BCUT2D eigenvalue weighted by molar-refractivity contribution is -0.133. The van der Waals surface area contributed by atoms with Gasteiger partial charge in [0, 0.05) is 17.3 Å². The molecule has 1 saturated carbocycles. The van der Waals surface area contributed by atoms with Gasteiger partial charge in [0.2, 0.25) is 5.91 Å². The van der Waals surface area contributed by atoms with Crippen molar-refractivity contribution >= 4 is 39.7 Å². The molecule has 5 rings (SSSR count). The number of carbonyl (C=O) groups excluding carboxylic acids is 2. The number of thiazole rings is 1. The minimum Gasteiger partial charge on any atom is -0.332 e. The van der Waals surface area contributed by atoms with Gasteiger partial charge in [0.25, 0.3) is 5.91 Å². The second-order valence-corrected chi connectivity index (χ2v) is 9.67. The molecule has 170 valence electrons. The molecule has 0 radical (unpaired) electrons. The molecular formula is C25H27N5O2S. The number of anilines is 3. The summed E-state index contributed by atoms with van der Waals surface area (Å²) >= 11 is 1.34. The summed E-state index contributed by atoms with van der Waals surface area (Å²) in [5.41, 5.74) is 9.53. The van der Waals surface area contributed by atoms with E-state index in [4.69, 9.17) is 0 Å². The Morgan fingerprint density at radius 3 is 2.58 bits per heavy atom. The molecule has 1 aromatic heterocycles.